The molecule has 0 fully saturated rings. The predicted molar refractivity (Wildman–Crippen MR) is 156 cm³/mol. The van der Waals surface area contributed by atoms with E-state index in [0.29, 0.717) is 21.4 Å². The Labute approximate surface area is 244 Å². The van der Waals surface area contributed by atoms with Gasteiger partial charge in [-0.3, -0.25) is 13.9 Å². The maximum Gasteiger partial charge on any atom is 0.264 e. The summed E-state index contributed by atoms with van der Waals surface area (Å²) in [6, 6.07) is 14.8. The van der Waals surface area contributed by atoms with E-state index < -0.39 is 34.4 Å². The highest BCUT2D eigenvalue weighted by Crippen LogP contribution is 2.33. The van der Waals surface area contributed by atoms with Gasteiger partial charge in [-0.15, -0.1) is 0 Å². The number of ether oxygens (including phenoxy) is 2. The van der Waals surface area contributed by atoms with Crippen LogP contribution in [0.5, 0.6) is 11.5 Å². The Bertz CT molecular complexity index is 1460. The standard InChI is InChI=1S/C28H31Cl2N3O6S/c1-18-9-11-20(12-10-18)33(40(36,37)21-13-14-25(38-4)26(15-21)39-5)17-27(34)32(19(2)28(35)31-3)16-22-23(29)7-6-8-24(22)30/h6-15,19H,16-17H2,1-5H3,(H,31,35). The van der Waals surface area contributed by atoms with Crippen molar-refractivity contribution in [3.05, 3.63) is 81.8 Å². The third kappa shape index (κ3) is 6.80. The van der Waals surface area contributed by atoms with Crippen LogP contribution in [0.4, 0.5) is 5.69 Å². The fourth-order valence-corrected chi connectivity index (χ4v) is 5.94. The summed E-state index contributed by atoms with van der Waals surface area (Å²) in [5.74, 6) is -0.526. The van der Waals surface area contributed by atoms with E-state index in [4.69, 9.17) is 32.7 Å². The first kappa shape index (κ1) is 31.1. The monoisotopic (exact) mass is 607 g/mol. The summed E-state index contributed by atoms with van der Waals surface area (Å²) < 4.78 is 39.5. The number of aryl methyl sites for hydroxylation is 1. The molecule has 9 nitrogen and oxygen atoms in total. The zero-order valence-corrected chi connectivity index (χ0v) is 25.1. The van der Waals surface area contributed by atoms with Gasteiger partial charge >= 0.3 is 0 Å². The number of halogens is 2. The number of hydrogen-bond donors (Lipinski definition) is 1. The van der Waals surface area contributed by atoms with Gasteiger partial charge in [-0.1, -0.05) is 47.0 Å². The molecule has 1 unspecified atom stereocenters. The molecule has 3 rings (SSSR count). The van der Waals surface area contributed by atoms with E-state index in [0.717, 1.165) is 9.87 Å². The Morgan fingerprint density at radius 3 is 2.10 bits per heavy atom. The second-order valence-electron chi connectivity index (χ2n) is 8.88. The molecular weight excluding hydrogens is 577 g/mol. The minimum atomic E-state index is -4.30. The van der Waals surface area contributed by atoms with Crippen molar-refractivity contribution in [2.45, 2.75) is 31.3 Å². The molecular formula is C28H31Cl2N3O6S. The minimum Gasteiger partial charge on any atom is -0.493 e. The van der Waals surface area contributed by atoms with Gasteiger partial charge in [0.2, 0.25) is 11.8 Å². The SMILES string of the molecule is CNC(=O)C(C)N(Cc1c(Cl)cccc1Cl)C(=O)CN(c1ccc(C)cc1)S(=O)(=O)c1ccc(OC)c(OC)c1. The van der Waals surface area contributed by atoms with Crippen LogP contribution in [-0.4, -0.2) is 59.0 Å². The fourth-order valence-electron chi connectivity index (χ4n) is 3.99. The Morgan fingerprint density at radius 2 is 1.55 bits per heavy atom. The molecule has 0 aliphatic rings. The molecule has 0 heterocycles. The van der Waals surface area contributed by atoms with Crippen LogP contribution in [0.15, 0.2) is 65.6 Å². The number of likely N-dealkylation sites (N-methyl/N-ethyl adjacent to an activating group) is 1. The average Bonchev–Trinajstić information content (AvgIpc) is 2.94. The number of benzene rings is 3. The maximum atomic E-state index is 14.0. The number of carbonyl (C=O) groups is 2. The lowest BCUT2D eigenvalue weighted by atomic mass is 10.1. The largest absolute Gasteiger partial charge is 0.493 e. The van der Waals surface area contributed by atoms with Crippen molar-refractivity contribution in [3.8, 4) is 11.5 Å². The average molecular weight is 609 g/mol. The fraction of sp³-hybridized carbons (Fsp3) is 0.286. The number of hydrogen-bond acceptors (Lipinski definition) is 6. The van der Waals surface area contributed by atoms with Crippen molar-refractivity contribution in [1.82, 2.24) is 10.2 Å². The van der Waals surface area contributed by atoms with Gasteiger partial charge in [0.15, 0.2) is 11.5 Å². The van der Waals surface area contributed by atoms with Crippen molar-refractivity contribution in [2.24, 2.45) is 0 Å². The van der Waals surface area contributed by atoms with Crippen LogP contribution in [0.3, 0.4) is 0 Å². The summed E-state index contributed by atoms with van der Waals surface area (Å²) >= 11 is 12.7. The summed E-state index contributed by atoms with van der Waals surface area (Å²) in [5, 5.41) is 3.15. The van der Waals surface area contributed by atoms with Crippen LogP contribution in [0.1, 0.15) is 18.1 Å². The molecule has 1 atom stereocenters. The molecule has 0 spiro atoms. The van der Waals surface area contributed by atoms with E-state index in [1.165, 1.54) is 44.4 Å². The molecule has 0 saturated carbocycles. The molecule has 0 bridgehead atoms. The van der Waals surface area contributed by atoms with E-state index in [9.17, 15) is 18.0 Å². The van der Waals surface area contributed by atoms with Crippen LogP contribution in [0, 0.1) is 6.92 Å². The van der Waals surface area contributed by atoms with Gasteiger partial charge in [-0.05, 0) is 50.2 Å². The van der Waals surface area contributed by atoms with Crippen LogP contribution < -0.4 is 19.1 Å². The number of anilines is 1. The van der Waals surface area contributed by atoms with Gasteiger partial charge in [-0.25, -0.2) is 8.42 Å². The van der Waals surface area contributed by atoms with E-state index >= 15 is 0 Å². The van der Waals surface area contributed by atoms with Crippen LogP contribution >= 0.6 is 23.2 Å². The van der Waals surface area contributed by atoms with Crippen molar-refractivity contribution in [2.75, 3.05) is 32.1 Å². The molecule has 0 radical (unpaired) electrons. The molecule has 0 aromatic heterocycles. The topological polar surface area (TPSA) is 105 Å². The second-order valence-corrected chi connectivity index (χ2v) is 11.6. The first-order valence-corrected chi connectivity index (χ1v) is 14.4. The highest BCUT2D eigenvalue weighted by atomic mass is 35.5. The number of sulfonamides is 1. The summed E-state index contributed by atoms with van der Waals surface area (Å²) in [6.45, 7) is 2.68. The number of nitrogens with zero attached hydrogens (tertiary/aromatic N) is 2. The van der Waals surface area contributed by atoms with E-state index in [1.54, 1.807) is 49.4 Å². The normalized spacial score (nSPS) is 11.9. The number of methoxy groups -OCH3 is 2. The highest BCUT2D eigenvalue weighted by Gasteiger charge is 2.33. The van der Waals surface area contributed by atoms with Gasteiger partial charge in [0.05, 0.1) is 24.8 Å². The molecule has 12 heteroatoms. The molecule has 2 amide bonds. The predicted octanol–water partition coefficient (Wildman–Crippen LogP) is 4.68. The van der Waals surface area contributed by atoms with Crippen LogP contribution in [0.25, 0.3) is 0 Å². The number of rotatable bonds is 11. The molecule has 0 aliphatic heterocycles. The Kier molecular flexibility index (Phi) is 10.3. The quantitative estimate of drug-likeness (QED) is 0.339. The molecule has 40 heavy (non-hydrogen) atoms. The summed E-state index contributed by atoms with van der Waals surface area (Å²) in [4.78, 5) is 27.7. The summed E-state index contributed by atoms with van der Waals surface area (Å²) in [5.41, 5.74) is 1.60. The summed E-state index contributed by atoms with van der Waals surface area (Å²) in [6.07, 6.45) is 0. The van der Waals surface area contributed by atoms with Gasteiger partial charge in [0, 0.05) is 35.3 Å². The van der Waals surface area contributed by atoms with E-state index in [1.807, 2.05) is 6.92 Å². The smallest absolute Gasteiger partial charge is 0.264 e. The first-order valence-electron chi connectivity index (χ1n) is 12.2. The lowest BCUT2D eigenvalue weighted by molar-refractivity contribution is -0.139. The lowest BCUT2D eigenvalue weighted by Crippen LogP contribution is -2.50. The molecule has 214 valence electrons. The van der Waals surface area contributed by atoms with E-state index in [2.05, 4.69) is 5.32 Å². The van der Waals surface area contributed by atoms with Gasteiger partial charge in [0.1, 0.15) is 12.6 Å². The molecule has 0 saturated heterocycles. The van der Waals surface area contributed by atoms with Crippen LogP contribution in [-0.2, 0) is 26.2 Å². The van der Waals surface area contributed by atoms with Crippen molar-refractivity contribution < 1.29 is 27.5 Å². The zero-order chi connectivity index (χ0) is 29.6. The van der Waals surface area contributed by atoms with Crippen molar-refractivity contribution >= 4 is 50.7 Å². The molecule has 0 aliphatic carbocycles. The Hall–Kier alpha value is -3.47. The third-order valence-corrected chi connectivity index (χ3v) is 8.83. The number of amides is 2. The third-order valence-electron chi connectivity index (χ3n) is 6.35. The molecule has 1 N–H and O–H groups in total. The van der Waals surface area contributed by atoms with E-state index in [-0.39, 0.29) is 22.9 Å². The van der Waals surface area contributed by atoms with Crippen LogP contribution in [0.2, 0.25) is 10.0 Å². The van der Waals surface area contributed by atoms with Gasteiger partial charge in [-0.2, -0.15) is 0 Å². The second kappa shape index (κ2) is 13.3. The molecule has 3 aromatic carbocycles. The van der Waals surface area contributed by atoms with Gasteiger partial charge < -0.3 is 19.7 Å². The number of carbonyl (C=O) groups excluding carboxylic acids is 2. The Morgan fingerprint density at radius 1 is 0.950 bits per heavy atom. The lowest BCUT2D eigenvalue weighted by Gasteiger charge is -2.32. The Balaban J connectivity index is 2.10. The molecule has 3 aromatic rings. The number of nitrogens with one attached hydrogen (secondary N) is 1. The van der Waals surface area contributed by atoms with Gasteiger partial charge in [0.25, 0.3) is 10.0 Å². The zero-order valence-electron chi connectivity index (χ0n) is 22.8. The maximum absolute atomic E-state index is 14.0. The summed E-state index contributed by atoms with van der Waals surface area (Å²) in [7, 11) is -0.0103. The highest BCUT2D eigenvalue weighted by molar-refractivity contribution is 7.92. The minimum absolute atomic E-state index is 0.112. The first-order chi connectivity index (χ1) is 18.9. The van der Waals surface area contributed by atoms with Crippen molar-refractivity contribution in [3.63, 3.8) is 0 Å². The van der Waals surface area contributed by atoms with Crippen molar-refractivity contribution in [1.29, 1.82) is 0 Å².